The molecule has 7 heteroatoms. The van der Waals surface area contributed by atoms with Crippen molar-refractivity contribution < 1.29 is 19.2 Å². The van der Waals surface area contributed by atoms with E-state index in [1.165, 1.54) is 12.1 Å². The molecule has 0 aliphatic rings. The predicted molar refractivity (Wildman–Crippen MR) is 115 cm³/mol. The molecular formula is C22H25FN2O3S. The highest BCUT2D eigenvalue weighted by atomic mass is 32.1. The number of hydrogen-bond donors (Lipinski definition) is 4. The first-order valence-electron chi connectivity index (χ1n) is 9.42. The molecule has 0 spiro atoms. The topological polar surface area (TPSA) is 78.4 Å². The largest absolute Gasteiger partial charge is 0.352 e. The van der Waals surface area contributed by atoms with Crippen LogP contribution >= 0.6 is 12.6 Å². The van der Waals surface area contributed by atoms with Crippen molar-refractivity contribution in [1.29, 1.82) is 0 Å². The summed E-state index contributed by atoms with van der Waals surface area (Å²) < 4.78 is 13.3. The number of carbonyl (C=O) groups is 2. The van der Waals surface area contributed by atoms with E-state index in [0.717, 1.165) is 17.5 Å². The first-order valence-corrected chi connectivity index (χ1v) is 10.1. The van der Waals surface area contributed by atoms with Gasteiger partial charge in [0.05, 0.1) is 0 Å². The molecule has 3 N–H and O–H groups in total. The minimum Gasteiger partial charge on any atom is -0.352 e. The molecule has 2 amide bonds. The molecule has 0 bridgehead atoms. The van der Waals surface area contributed by atoms with E-state index in [2.05, 4.69) is 17.9 Å². The SMILES string of the molecule is O=C(CCCCCNC(=O)/C(=C\c1ccc(CS)cc1)c1ccc(F)cc1)NO. The second-order valence-electron chi connectivity index (χ2n) is 6.57. The standard InChI is InChI=1S/C22H25FN2O3S/c23-19-11-9-18(10-12-19)20(14-16-5-7-17(15-29)8-6-16)22(27)24-13-3-1-2-4-21(26)25-28/h5-12,14,28-29H,1-4,13,15H2,(H,24,27)(H,25,26)/b20-14-. The van der Waals surface area contributed by atoms with Crippen LogP contribution in [-0.4, -0.2) is 23.6 Å². The summed E-state index contributed by atoms with van der Waals surface area (Å²) in [5.41, 5.74) is 4.61. The van der Waals surface area contributed by atoms with E-state index in [-0.39, 0.29) is 18.1 Å². The van der Waals surface area contributed by atoms with Crippen LogP contribution < -0.4 is 10.8 Å². The molecule has 0 saturated heterocycles. The molecule has 0 radical (unpaired) electrons. The third-order valence-electron chi connectivity index (χ3n) is 4.36. The Bertz CT molecular complexity index is 836. The number of carbonyl (C=O) groups excluding carboxylic acids is 2. The average Bonchev–Trinajstić information content (AvgIpc) is 2.75. The van der Waals surface area contributed by atoms with Crippen LogP contribution in [-0.2, 0) is 15.3 Å². The molecule has 154 valence electrons. The summed E-state index contributed by atoms with van der Waals surface area (Å²) in [6.45, 7) is 0.455. The lowest BCUT2D eigenvalue weighted by molar-refractivity contribution is -0.129. The summed E-state index contributed by atoms with van der Waals surface area (Å²) in [6, 6.07) is 13.5. The molecule has 0 atom stereocenters. The summed E-state index contributed by atoms with van der Waals surface area (Å²) >= 11 is 4.24. The molecular weight excluding hydrogens is 391 g/mol. The van der Waals surface area contributed by atoms with Gasteiger partial charge < -0.3 is 5.32 Å². The third kappa shape index (κ3) is 7.71. The molecule has 5 nitrogen and oxygen atoms in total. The van der Waals surface area contributed by atoms with Crippen molar-refractivity contribution in [1.82, 2.24) is 10.8 Å². The van der Waals surface area contributed by atoms with Crippen LogP contribution in [0.1, 0.15) is 42.4 Å². The minimum absolute atomic E-state index is 0.244. The smallest absolute Gasteiger partial charge is 0.251 e. The monoisotopic (exact) mass is 416 g/mol. The molecule has 29 heavy (non-hydrogen) atoms. The zero-order valence-corrected chi connectivity index (χ0v) is 16.9. The number of thiol groups is 1. The van der Waals surface area contributed by atoms with Gasteiger partial charge in [0.15, 0.2) is 0 Å². The third-order valence-corrected chi connectivity index (χ3v) is 4.73. The van der Waals surface area contributed by atoms with Crippen molar-refractivity contribution in [3.63, 3.8) is 0 Å². The maximum atomic E-state index is 13.3. The van der Waals surface area contributed by atoms with Crippen molar-refractivity contribution in [3.05, 3.63) is 71.0 Å². The molecule has 0 saturated carbocycles. The average molecular weight is 417 g/mol. The number of unbranched alkanes of at least 4 members (excludes halogenated alkanes) is 2. The maximum absolute atomic E-state index is 13.3. The van der Waals surface area contributed by atoms with Crippen LogP contribution in [0.3, 0.4) is 0 Å². The molecule has 0 aliphatic carbocycles. The second kappa shape index (κ2) is 12.0. The van der Waals surface area contributed by atoms with E-state index in [4.69, 9.17) is 5.21 Å². The van der Waals surface area contributed by atoms with Crippen molar-refractivity contribution in [3.8, 4) is 0 Å². The number of benzene rings is 2. The number of hydroxylamine groups is 1. The van der Waals surface area contributed by atoms with E-state index >= 15 is 0 Å². The molecule has 2 aromatic carbocycles. The normalized spacial score (nSPS) is 11.2. The van der Waals surface area contributed by atoms with E-state index in [1.54, 1.807) is 23.7 Å². The van der Waals surface area contributed by atoms with Crippen molar-refractivity contribution in [2.45, 2.75) is 31.4 Å². The highest BCUT2D eigenvalue weighted by Gasteiger charge is 2.12. The number of nitrogens with one attached hydrogen (secondary N) is 2. The highest BCUT2D eigenvalue weighted by molar-refractivity contribution is 7.79. The minimum atomic E-state index is -0.417. The summed E-state index contributed by atoms with van der Waals surface area (Å²) in [7, 11) is 0. The predicted octanol–water partition coefficient (Wildman–Crippen LogP) is 3.98. The van der Waals surface area contributed by atoms with Crippen LogP contribution in [0.5, 0.6) is 0 Å². The van der Waals surface area contributed by atoms with Crippen LogP contribution in [0.25, 0.3) is 11.6 Å². The number of halogens is 1. The van der Waals surface area contributed by atoms with Gasteiger partial charge in [0, 0.05) is 24.3 Å². The van der Waals surface area contributed by atoms with Gasteiger partial charge in [0.1, 0.15) is 5.82 Å². The number of rotatable bonds is 10. The highest BCUT2D eigenvalue weighted by Crippen LogP contribution is 2.20. The van der Waals surface area contributed by atoms with E-state index in [1.807, 2.05) is 24.3 Å². The quantitative estimate of drug-likeness (QED) is 0.118. The lowest BCUT2D eigenvalue weighted by Crippen LogP contribution is -2.25. The van der Waals surface area contributed by atoms with Crippen LogP contribution in [0, 0.1) is 5.82 Å². The fraction of sp³-hybridized carbons (Fsp3) is 0.273. The maximum Gasteiger partial charge on any atom is 0.251 e. The summed E-state index contributed by atoms with van der Waals surface area (Å²) in [6.07, 6.45) is 4.09. The van der Waals surface area contributed by atoms with Crippen LogP contribution in [0.15, 0.2) is 48.5 Å². The Kier molecular flexibility index (Phi) is 9.40. The Balaban J connectivity index is 2.04. The molecule has 0 heterocycles. The van der Waals surface area contributed by atoms with Gasteiger partial charge in [-0.2, -0.15) is 12.6 Å². The van der Waals surface area contributed by atoms with Gasteiger partial charge in [-0.1, -0.05) is 42.8 Å². The van der Waals surface area contributed by atoms with Crippen molar-refractivity contribution >= 4 is 36.1 Å². The molecule has 2 rings (SSSR count). The van der Waals surface area contributed by atoms with E-state index in [0.29, 0.717) is 36.3 Å². The zero-order valence-electron chi connectivity index (χ0n) is 16.0. The Hall–Kier alpha value is -2.64. The van der Waals surface area contributed by atoms with Gasteiger partial charge >= 0.3 is 0 Å². The van der Waals surface area contributed by atoms with Gasteiger partial charge in [-0.05, 0) is 47.7 Å². The molecule has 0 fully saturated rings. The summed E-state index contributed by atoms with van der Waals surface area (Å²) in [5, 5.41) is 11.3. The number of hydrogen-bond acceptors (Lipinski definition) is 4. The van der Waals surface area contributed by atoms with Gasteiger partial charge in [0.25, 0.3) is 5.91 Å². The van der Waals surface area contributed by atoms with Crippen LogP contribution in [0.4, 0.5) is 4.39 Å². The number of amides is 2. The molecule has 0 unspecified atom stereocenters. The van der Waals surface area contributed by atoms with E-state index < -0.39 is 5.91 Å². The molecule has 0 aromatic heterocycles. The Morgan fingerprint density at radius 3 is 2.31 bits per heavy atom. The fourth-order valence-corrected chi connectivity index (χ4v) is 2.95. The van der Waals surface area contributed by atoms with Crippen LogP contribution in [0.2, 0.25) is 0 Å². The fourth-order valence-electron chi connectivity index (χ4n) is 2.74. The van der Waals surface area contributed by atoms with E-state index in [9.17, 15) is 14.0 Å². The Morgan fingerprint density at radius 2 is 1.69 bits per heavy atom. The first-order chi connectivity index (χ1) is 14.0. The zero-order chi connectivity index (χ0) is 21.1. The van der Waals surface area contributed by atoms with Gasteiger partial charge in [-0.3, -0.25) is 14.8 Å². The molecule has 2 aromatic rings. The van der Waals surface area contributed by atoms with Crippen molar-refractivity contribution in [2.24, 2.45) is 0 Å². The van der Waals surface area contributed by atoms with Gasteiger partial charge in [-0.15, -0.1) is 0 Å². The Labute approximate surface area is 175 Å². The van der Waals surface area contributed by atoms with Gasteiger partial charge in [-0.25, -0.2) is 9.87 Å². The lowest BCUT2D eigenvalue weighted by atomic mass is 10.0. The summed E-state index contributed by atoms with van der Waals surface area (Å²) in [4.78, 5) is 23.7. The second-order valence-corrected chi connectivity index (χ2v) is 6.88. The van der Waals surface area contributed by atoms with Gasteiger partial charge in [0.2, 0.25) is 5.91 Å². The lowest BCUT2D eigenvalue weighted by Gasteiger charge is -2.10. The Morgan fingerprint density at radius 1 is 1.00 bits per heavy atom. The summed E-state index contributed by atoms with van der Waals surface area (Å²) in [5.74, 6) is -0.393. The molecule has 0 aliphatic heterocycles. The first kappa shape index (κ1) is 22.6. The van der Waals surface area contributed by atoms with Crippen molar-refractivity contribution in [2.75, 3.05) is 6.54 Å².